The zero-order chi connectivity index (χ0) is 24.1. The van der Waals surface area contributed by atoms with Crippen LogP contribution in [0.2, 0.25) is 0 Å². The molecule has 0 spiro atoms. The molecule has 1 amide bonds. The van der Waals surface area contributed by atoms with E-state index in [4.69, 9.17) is 23.7 Å². The molecule has 5 saturated heterocycles. The molecule has 5 rings (SSSR count). The Bertz CT molecular complexity index is 831. The number of fused-ring (bicyclic) bond motifs is 3. The van der Waals surface area contributed by atoms with Gasteiger partial charge in [0.25, 0.3) is 0 Å². The molecule has 0 saturated carbocycles. The molecule has 5 aliphatic rings. The highest BCUT2D eigenvalue weighted by atomic mass is 16.9. The van der Waals surface area contributed by atoms with E-state index in [0.29, 0.717) is 19.7 Å². The van der Waals surface area contributed by atoms with E-state index in [-0.39, 0.29) is 36.7 Å². The number of carbonyl (C=O) groups excluding carboxylic acids is 1. The second-order valence-corrected chi connectivity index (χ2v) is 11.1. The Morgan fingerprint density at radius 1 is 1.09 bits per heavy atom. The molecule has 5 heterocycles. The summed E-state index contributed by atoms with van der Waals surface area (Å²) in [4.78, 5) is 16.7. The van der Waals surface area contributed by atoms with E-state index in [1.165, 1.54) is 0 Å². The van der Waals surface area contributed by atoms with Crippen molar-refractivity contribution in [2.75, 3.05) is 39.3 Å². The van der Waals surface area contributed by atoms with Gasteiger partial charge in [0, 0.05) is 19.1 Å². The van der Waals surface area contributed by atoms with E-state index in [1.807, 2.05) is 27.7 Å². The maximum atomic E-state index is 12.7. The van der Waals surface area contributed by atoms with Crippen LogP contribution >= 0.6 is 0 Å². The smallest absolute Gasteiger partial charge is 0.237 e. The summed E-state index contributed by atoms with van der Waals surface area (Å²) in [6.07, 6.45) is 2.86. The predicted molar refractivity (Wildman–Crippen MR) is 120 cm³/mol. The molecule has 5 fully saturated rings. The van der Waals surface area contributed by atoms with Crippen molar-refractivity contribution in [3.05, 3.63) is 0 Å². The summed E-state index contributed by atoms with van der Waals surface area (Å²) in [6.45, 7) is 11.2. The highest BCUT2D eigenvalue weighted by Gasteiger charge is 2.65. The molecule has 0 aliphatic carbocycles. The first-order valence-electron chi connectivity index (χ1n) is 12.6. The van der Waals surface area contributed by atoms with Crippen LogP contribution in [-0.4, -0.2) is 103 Å². The number of nitrogens with zero attached hydrogens (tertiary/aromatic N) is 3. The Hall–Kier alpha value is -1.32. The Balaban J connectivity index is 1.21. The summed E-state index contributed by atoms with van der Waals surface area (Å²) in [5.74, 6) is -2.39. The second-order valence-electron chi connectivity index (χ2n) is 11.1. The largest absolute Gasteiger partial charge is 0.343 e. The molecular weight excluding hydrogens is 440 g/mol. The number of likely N-dealkylation sites (tertiary alicyclic amines) is 2. The lowest BCUT2D eigenvalue weighted by Crippen LogP contribution is -2.63. The van der Waals surface area contributed by atoms with E-state index in [0.717, 1.165) is 38.8 Å². The first-order valence-corrected chi connectivity index (χ1v) is 12.6. The van der Waals surface area contributed by atoms with Crippen molar-refractivity contribution < 1.29 is 28.5 Å². The average Bonchev–Trinajstić information content (AvgIpc) is 3.44. The fraction of sp³-hybridized carbons (Fsp3) is 0.917. The second kappa shape index (κ2) is 8.96. The highest BCUT2D eigenvalue weighted by molar-refractivity contribution is 5.79. The molecule has 0 bridgehead atoms. The summed E-state index contributed by atoms with van der Waals surface area (Å²) in [7, 11) is 0. The summed E-state index contributed by atoms with van der Waals surface area (Å²) < 4.78 is 31.3. The standard InChI is InChI=1S/C24H38N4O6/c1-22(2)31-18-14-30-24(21(20(18)32-22)33-23(3,4)34-24)15-27-9-5-7-16(13-27)26-12-19(29)28-10-6-8-17(28)11-25/h16-18,20-21,26H,5-10,12-15H2,1-4H3/t16-,17-,18+,20+,21-,24-/m0/s1. The number of hydrogen-bond donors (Lipinski definition) is 1. The summed E-state index contributed by atoms with van der Waals surface area (Å²) in [6, 6.07) is 2.15. The van der Waals surface area contributed by atoms with Gasteiger partial charge >= 0.3 is 0 Å². The van der Waals surface area contributed by atoms with Gasteiger partial charge in [-0.1, -0.05) is 0 Å². The lowest BCUT2D eigenvalue weighted by atomic mass is 9.95. The number of hydrogen-bond acceptors (Lipinski definition) is 9. The van der Waals surface area contributed by atoms with Gasteiger partial charge < -0.3 is 33.9 Å². The Kier molecular flexibility index (Phi) is 6.43. The number of rotatable bonds is 5. The lowest BCUT2D eigenvalue weighted by molar-refractivity contribution is -0.287. The molecule has 10 nitrogen and oxygen atoms in total. The number of piperidine rings is 1. The minimum atomic E-state index is -0.929. The summed E-state index contributed by atoms with van der Waals surface area (Å²) in [5, 5.41) is 12.7. The number of amides is 1. The molecule has 34 heavy (non-hydrogen) atoms. The fourth-order valence-electron chi connectivity index (χ4n) is 6.17. The minimum absolute atomic E-state index is 0.0109. The van der Waals surface area contributed by atoms with Crippen LogP contribution < -0.4 is 5.32 Å². The Morgan fingerprint density at radius 3 is 2.68 bits per heavy atom. The van der Waals surface area contributed by atoms with Crippen LogP contribution in [0.25, 0.3) is 0 Å². The number of carbonyl (C=O) groups is 1. The van der Waals surface area contributed by atoms with Gasteiger partial charge in [-0.2, -0.15) is 5.26 Å². The van der Waals surface area contributed by atoms with Gasteiger partial charge in [0.2, 0.25) is 11.7 Å². The van der Waals surface area contributed by atoms with Crippen molar-refractivity contribution >= 4 is 5.91 Å². The first-order chi connectivity index (χ1) is 16.1. The topological polar surface area (TPSA) is 106 Å². The monoisotopic (exact) mass is 478 g/mol. The van der Waals surface area contributed by atoms with Crippen LogP contribution in [0.15, 0.2) is 0 Å². The van der Waals surface area contributed by atoms with E-state index in [1.54, 1.807) is 4.90 Å². The van der Waals surface area contributed by atoms with E-state index >= 15 is 0 Å². The van der Waals surface area contributed by atoms with Crippen molar-refractivity contribution in [3.63, 3.8) is 0 Å². The van der Waals surface area contributed by atoms with Gasteiger partial charge in [-0.15, -0.1) is 0 Å². The minimum Gasteiger partial charge on any atom is -0.343 e. The molecule has 6 atom stereocenters. The zero-order valence-corrected chi connectivity index (χ0v) is 20.7. The SMILES string of the molecule is CC1(C)O[C@@H]2[C@@H](CO[C@@]3(CN4CCC[C@H](NCC(=O)N5CCC[C@H]5C#N)C4)OC(C)(C)O[C@@H]23)O1. The number of nitrogens with one attached hydrogen (secondary N) is 1. The molecule has 1 N–H and O–H groups in total. The maximum absolute atomic E-state index is 12.7. The molecule has 5 aliphatic heterocycles. The van der Waals surface area contributed by atoms with Crippen molar-refractivity contribution in [2.45, 2.75) is 101 Å². The van der Waals surface area contributed by atoms with Gasteiger partial charge in [-0.05, 0) is 59.9 Å². The van der Waals surface area contributed by atoms with Crippen LogP contribution in [0.1, 0.15) is 53.4 Å². The molecule has 0 aromatic heterocycles. The van der Waals surface area contributed by atoms with Crippen molar-refractivity contribution in [1.29, 1.82) is 5.26 Å². The third kappa shape index (κ3) is 4.72. The van der Waals surface area contributed by atoms with Gasteiger partial charge in [0.1, 0.15) is 24.4 Å². The number of ether oxygens (including phenoxy) is 5. The van der Waals surface area contributed by atoms with Crippen molar-refractivity contribution in [1.82, 2.24) is 15.1 Å². The predicted octanol–water partition coefficient (Wildman–Crippen LogP) is 0.953. The van der Waals surface area contributed by atoms with Crippen molar-refractivity contribution in [3.8, 4) is 6.07 Å². The number of nitriles is 1. The molecular formula is C24H38N4O6. The highest BCUT2D eigenvalue weighted by Crippen LogP contribution is 2.47. The van der Waals surface area contributed by atoms with E-state index < -0.39 is 23.5 Å². The summed E-state index contributed by atoms with van der Waals surface area (Å²) >= 11 is 0. The molecule has 0 aromatic carbocycles. The molecule has 190 valence electrons. The molecule has 0 radical (unpaired) electrons. The third-order valence-corrected chi connectivity index (χ3v) is 7.49. The average molecular weight is 479 g/mol. The van der Waals surface area contributed by atoms with Crippen molar-refractivity contribution in [2.24, 2.45) is 0 Å². The first kappa shape index (κ1) is 24.4. The zero-order valence-electron chi connectivity index (χ0n) is 20.7. The van der Waals surface area contributed by atoms with Crippen LogP contribution in [0, 0.1) is 11.3 Å². The normalized spacial score (nSPS) is 41.1. The van der Waals surface area contributed by atoms with Gasteiger partial charge in [-0.3, -0.25) is 9.69 Å². The lowest BCUT2D eigenvalue weighted by Gasteiger charge is -2.44. The third-order valence-electron chi connectivity index (χ3n) is 7.49. The van der Waals surface area contributed by atoms with Gasteiger partial charge in [0.15, 0.2) is 11.6 Å². The molecule has 10 heteroatoms. The van der Waals surface area contributed by atoms with E-state index in [2.05, 4.69) is 16.3 Å². The molecule has 0 unspecified atom stereocenters. The quantitative estimate of drug-likeness (QED) is 0.618. The van der Waals surface area contributed by atoms with Crippen LogP contribution in [0.4, 0.5) is 0 Å². The van der Waals surface area contributed by atoms with Gasteiger partial charge in [0.05, 0.1) is 25.8 Å². The fourth-order valence-corrected chi connectivity index (χ4v) is 6.17. The van der Waals surface area contributed by atoms with Crippen LogP contribution in [-0.2, 0) is 28.5 Å². The van der Waals surface area contributed by atoms with Crippen LogP contribution in [0.5, 0.6) is 0 Å². The van der Waals surface area contributed by atoms with E-state index in [9.17, 15) is 10.1 Å². The Labute approximate surface area is 201 Å². The summed E-state index contributed by atoms with van der Waals surface area (Å²) in [5.41, 5.74) is 0. The van der Waals surface area contributed by atoms with Gasteiger partial charge in [-0.25, -0.2) is 0 Å². The van der Waals surface area contributed by atoms with Crippen LogP contribution in [0.3, 0.4) is 0 Å². The molecule has 0 aromatic rings. The Morgan fingerprint density at radius 2 is 1.88 bits per heavy atom. The maximum Gasteiger partial charge on any atom is 0.237 e.